The quantitative estimate of drug-likeness (QED) is 0.168. The Hall–Kier alpha value is -3.61. The fourth-order valence-electron chi connectivity index (χ4n) is 4.36. The number of halogens is 1. The molecule has 0 aliphatic heterocycles. The van der Waals surface area contributed by atoms with E-state index in [0.29, 0.717) is 0 Å². The highest BCUT2D eigenvalue weighted by Crippen LogP contribution is 2.33. The standard InChI is InChI=1S/2C18H15P.ClH.H3NO/c2*1-4-10-16(11-5-1)19(17-12-6-2-7-13-17)18-14-8-3-9-15-18;;1-2/h2*1-15H;1H;2H,1H2. The second-order valence-electron chi connectivity index (χ2n) is 8.68. The second kappa shape index (κ2) is 17.9. The topological polar surface area (TPSA) is 46.2 Å². The van der Waals surface area contributed by atoms with Crippen molar-refractivity contribution in [1.29, 1.82) is 0 Å². The lowest BCUT2D eigenvalue weighted by Crippen LogP contribution is -2.20. The van der Waals surface area contributed by atoms with Crippen LogP contribution in [-0.2, 0) is 0 Å². The molecule has 6 aromatic rings. The van der Waals surface area contributed by atoms with Crippen LogP contribution >= 0.6 is 28.3 Å². The monoisotopic (exact) mass is 593 g/mol. The third-order valence-corrected chi connectivity index (χ3v) is 11.0. The van der Waals surface area contributed by atoms with E-state index in [4.69, 9.17) is 5.21 Å². The van der Waals surface area contributed by atoms with Crippen molar-refractivity contribution < 1.29 is 5.21 Å². The number of hydrogen-bond acceptors (Lipinski definition) is 2. The Morgan fingerprint density at radius 3 is 0.512 bits per heavy atom. The fourth-order valence-corrected chi connectivity index (χ4v) is 8.97. The molecule has 0 heterocycles. The zero-order chi connectivity index (χ0) is 27.8. The fraction of sp³-hybridized carbons (Fsp3) is 0. The lowest BCUT2D eigenvalue weighted by atomic mass is 10.4. The molecule has 6 rings (SSSR count). The van der Waals surface area contributed by atoms with Gasteiger partial charge in [-0.25, -0.2) is 5.90 Å². The second-order valence-corrected chi connectivity index (χ2v) is 13.1. The average Bonchev–Trinajstić information content (AvgIpc) is 3.06. The molecule has 0 fully saturated rings. The highest BCUT2D eigenvalue weighted by molar-refractivity contribution is 7.80. The molecule has 5 heteroatoms. The van der Waals surface area contributed by atoms with Crippen molar-refractivity contribution in [3.05, 3.63) is 182 Å². The summed E-state index contributed by atoms with van der Waals surface area (Å²) in [6.45, 7) is 0. The van der Waals surface area contributed by atoms with Gasteiger partial charge in [0.2, 0.25) is 0 Å². The van der Waals surface area contributed by atoms with E-state index >= 15 is 0 Å². The molecule has 0 unspecified atom stereocenters. The van der Waals surface area contributed by atoms with Crippen molar-refractivity contribution in [2.45, 2.75) is 0 Å². The minimum Gasteiger partial charge on any atom is -0.320 e. The summed E-state index contributed by atoms with van der Waals surface area (Å²) in [5.41, 5.74) is 0. The first kappa shape index (κ1) is 31.9. The van der Waals surface area contributed by atoms with Gasteiger partial charge in [0.1, 0.15) is 0 Å². The summed E-state index contributed by atoms with van der Waals surface area (Å²) in [7, 11) is -0.892. The predicted octanol–water partition coefficient (Wildman–Crippen LogP) is 6.65. The largest absolute Gasteiger partial charge is 0.320 e. The van der Waals surface area contributed by atoms with Crippen LogP contribution in [0.4, 0.5) is 0 Å². The van der Waals surface area contributed by atoms with Crippen LogP contribution in [0.1, 0.15) is 0 Å². The maximum Gasteiger partial charge on any atom is -0.0134 e. The van der Waals surface area contributed by atoms with Crippen LogP contribution in [0.25, 0.3) is 0 Å². The van der Waals surface area contributed by atoms with Gasteiger partial charge in [-0.1, -0.05) is 182 Å². The normalized spacial score (nSPS) is 9.95. The molecular formula is C36H34ClNOP2. The minimum absolute atomic E-state index is 0. The first-order chi connectivity index (χ1) is 19.9. The molecule has 0 bridgehead atoms. The summed E-state index contributed by atoms with van der Waals surface area (Å²) in [6, 6.07) is 64.7. The number of nitrogens with two attached hydrogens (primary N) is 1. The van der Waals surface area contributed by atoms with Crippen LogP contribution in [0, 0.1) is 0 Å². The number of benzene rings is 6. The Labute approximate surface area is 252 Å². The molecule has 0 aliphatic carbocycles. The van der Waals surface area contributed by atoms with Gasteiger partial charge in [-0.2, -0.15) is 0 Å². The first-order valence-corrected chi connectivity index (χ1v) is 15.7. The lowest BCUT2D eigenvalue weighted by Gasteiger charge is -2.18. The van der Waals surface area contributed by atoms with Crippen LogP contribution in [-0.4, -0.2) is 5.21 Å². The molecule has 0 radical (unpaired) electrons. The minimum atomic E-state index is -0.446. The summed E-state index contributed by atoms with van der Waals surface area (Å²) in [4.78, 5) is 0. The molecule has 41 heavy (non-hydrogen) atoms. The Kier molecular flexibility index (Phi) is 14.0. The molecule has 6 aromatic carbocycles. The van der Waals surface area contributed by atoms with E-state index in [1.54, 1.807) is 0 Å². The third-order valence-electron chi connectivity index (χ3n) is 6.09. The SMILES string of the molecule is Cl.NO.c1ccc(P(c2ccccc2)c2ccccc2)cc1.c1ccc(P(c2ccccc2)c2ccccc2)cc1. The van der Waals surface area contributed by atoms with Gasteiger partial charge in [-0.15, -0.1) is 12.4 Å². The molecule has 0 saturated carbocycles. The number of hydrogen-bond donors (Lipinski definition) is 2. The molecular weight excluding hydrogens is 560 g/mol. The average molecular weight is 594 g/mol. The van der Waals surface area contributed by atoms with Gasteiger partial charge in [-0.05, 0) is 47.7 Å². The van der Waals surface area contributed by atoms with Crippen molar-refractivity contribution in [2.75, 3.05) is 0 Å². The Morgan fingerprint density at radius 2 is 0.390 bits per heavy atom. The van der Waals surface area contributed by atoms with Crippen LogP contribution in [0.5, 0.6) is 0 Å². The van der Waals surface area contributed by atoms with E-state index in [1.807, 2.05) is 0 Å². The van der Waals surface area contributed by atoms with Crippen LogP contribution in [0.3, 0.4) is 0 Å². The van der Waals surface area contributed by atoms with E-state index in [0.717, 1.165) is 0 Å². The predicted molar refractivity (Wildman–Crippen MR) is 184 cm³/mol. The molecule has 0 aromatic heterocycles. The van der Waals surface area contributed by atoms with Crippen molar-refractivity contribution in [2.24, 2.45) is 5.90 Å². The first-order valence-electron chi connectivity index (χ1n) is 13.1. The maximum absolute atomic E-state index is 6.50. The maximum atomic E-state index is 6.50. The van der Waals surface area contributed by atoms with E-state index < -0.39 is 15.8 Å². The highest BCUT2D eigenvalue weighted by Gasteiger charge is 2.16. The molecule has 0 atom stereocenters. The summed E-state index contributed by atoms with van der Waals surface area (Å²) >= 11 is 0. The molecule has 0 aliphatic rings. The van der Waals surface area contributed by atoms with Crippen molar-refractivity contribution >= 4 is 60.1 Å². The molecule has 0 saturated heterocycles. The third kappa shape index (κ3) is 9.20. The van der Waals surface area contributed by atoms with Gasteiger partial charge < -0.3 is 5.21 Å². The lowest BCUT2D eigenvalue weighted by molar-refractivity contribution is 0.311. The van der Waals surface area contributed by atoms with Crippen molar-refractivity contribution in [3.8, 4) is 0 Å². The Bertz CT molecular complexity index is 1190. The zero-order valence-corrected chi connectivity index (χ0v) is 25.3. The van der Waals surface area contributed by atoms with Crippen LogP contribution < -0.4 is 37.7 Å². The van der Waals surface area contributed by atoms with E-state index in [2.05, 4.69) is 188 Å². The van der Waals surface area contributed by atoms with Gasteiger partial charge in [0, 0.05) is 0 Å². The van der Waals surface area contributed by atoms with E-state index in [1.165, 1.54) is 31.8 Å². The Morgan fingerprint density at radius 1 is 0.268 bits per heavy atom. The van der Waals surface area contributed by atoms with Gasteiger partial charge >= 0.3 is 0 Å². The zero-order valence-electron chi connectivity index (χ0n) is 22.6. The summed E-state index contributed by atoms with van der Waals surface area (Å²) in [5, 5.41) is 14.9. The summed E-state index contributed by atoms with van der Waals surface area (Å²) in [6.07, 6.45) is 0. The van der Waals surface area contributed by atoms with Crippen molar-refractivity contribution in [3.63, 3.8) is 0 Å². The van der Waals surface area contributed by atoms with Gasteiger partial charge in [0.25, 0.3) is 0 Å². The summed E-state index contributed by atoms with van der Waals surface area (Å²) < 4.78 is 0. The van der Waals surface area contributed by atoms with Gasteiger partial charge in [0.15, 0.2) is 0 Å². The van der Waals surface area contributed by atoms with Crippen molar-refractivity contribution in [1.82, 2.24) is 0 Å². The van der Waals surface area contributed by atoms with Crippen LogP contribution in [0.15, 0.2) is 182 Å². The number of rotatable bonds is 6. The van der Waals surface area contributed by atoms with Crippen LogP contribution in [0.2, 0.25) is 0 Å². The van der Waals surface area contributed by atoms with E-state index in [9.17, 15) is 0 Å². The van der Waals surface area contributed by atoms with Gasteiger partial charge in [-0.3, -0.25) is 0 Å². The van der Waals surface area contributed by atoms with Gasteiger partial charge in [0.05, 0.1) is 0 Å². The highest BCUT2D eigenvalue weighted by atomic mass is 35.5. The molecule has 0 amide bonds. The molecule has 3 N–H and O–H groups in total. The van der Waals surface area contributed by atoms with E-state index in [-0.39, 0.29) is 12.4 Å². The molecule has 206 valence electrons. The smallest absolute Gasteiger partial charge is 0.0134 e. The summed E-state index contributed by atoms with van der Waals surface area (Å²) in [5.74, 6) is 3.50. The molecule has 0 spiro atoms. The molecule has 2 nitrogen and oxygen atoms in total. The Balaban J connectivity index is 0.000000208.